The van der Waals surface area contributed by atoms with E-state index in [0.717, 1.165) is 24.2 Å². The molecular formula is C19H31IO2. The third-order valence-electron chi connectivity index (χ3n) is 7.65. The number of alkyl halides is 1. The lowest BCUT2D eigenvalue weighted by molar-refractivity contribution is -0.176. The molecule has 0 saturated heterocycles. The Balaban J connectivity index is 1.87. The van der Waals surface area contributed by atoms with E-state index in [1.54, 1.807) is 0 Å². The number of halogens is 1. The van der Waals surface area contributed by atoms with Crippen molar-refractivity contribution < 1.29 is 9.53 Å². The van der Waals surface area contributed by atoms with Gasteiger partial charge in [0.25, 0.3) is 6.47 Å². The van der Waals surface area contributed by atoms with Crippen molar-refractivity contribution in [3.8, 4) is 0 Å². The Morgan fingerprint density at radius 1 is 1.14 bits per heavy atom. The second-order valence-electron chi connectivity index (χ2n) is 8.45. The molecule has 126 valence electrons. The molecule has 0 amide bonds. The first kappa shape index (κ1) is 17.0. The van der Waals surface area contributed by atoms with Crippen LogP contribution in [-0.4, -0.2) is 16.5 Å². The van der Waals surface area contributed by atoms with E-state index in [4.69, 9.17) is 4.74 Å². The van der Waals surface area contributed by atoms with E-state index >= 15 is 0 Å². The zero-order valence-corrected chi connectivity index (χ0v) is 16.3. The van der Waals surface area contributed by atoms with Crippen LogP contribution in [0.25, 0.3) is 0 Å². The molecule has 3 aliphatic carbocycles. The van der Waals surface area contributed by atoms with Gasteiger partial charge >= 0.3 is 0 Å². The minimum atomic E-state index is -0.216. The third kappa shape index (κ3) is 2.73. The van der Waals surface area contributed by atoms with Gasteiger partial charge in [-0.15, -0.1) is 0 Å². The van der Waals surface area contributed by atoms with E-state index in [2.05, 4.69) is 36.4 Å². The summed E-state index contributed by atoms with van der Waals surface area (Å²) >= 11 is 2.50. The lowest BCUT2D eigenvalue weighted by atomic mass is 9.46. The number of fused-ring (bicyclic) bond motifs is 3. The Morgan fingerprint density at radius 2 is 1.95 bits per heavy atom. The molecule has 0 spiro atoms. The van der Waals surface area contributed by atoms with Crippen LogP contribution in [-0.2, 0) is 9.53 Å². The van der Waals surface area contributed by atoms with Crippen molar-refractivity contribution in [1.82, 2.24) is 0 Å². The quantitative estimate of drug-likeness (QED) is 0.348. The maximum absolute atomic E-state index is 11.1. The Morgan fingerprint density at radius 3 is 2.68 bits per heavy atom. The number of rotatable bonds is 4. The average molecular weight is 418 g/mol. The van der Waals surface area contributed by atoms with E-state index in [-0.39, 0.29) is 5.60 Å². The lowest BCUT2D eigenvalue weighted by Gasteiger charge is -2.60. The zero-order chi connectivity index (χ0) is 15.8. The van der Waals surface area contributed by atoms with Gasteiger partial charge in [-0.3, -0.25) is 4.79 Å². The highest BCUT2D eigenvalue weighted by Gasteiger charge is 2.56. The van der Waals surface area contributed by atoms with Crippen molar-refractivity contribution in [2.24, 2.45) is 29.1 Å². The second-order valence-corrected chi connectivity index (χ2v) is 9.52. The summed E-state index contributed by atoms with van der Waals surface area (Å²) < 4.78 is 6.84. The molecule has 0 N–H and O–H groups in total. The van der Waals surface area contributed by atoms with E-state index in [1.807, 2.05) is 0 Å². The minimum Gasteiger partial charge on any atom is -0.461 e. The van der Waals surface area contributed by atoms with Gasteiger partial charge in [-0.2, -0.15) is 0 Å². The molecular weight excluding hydrogens is 387 g/mol. The molecule has 6 atom stereocenters. The van der Waals surface area contributed by atoms with Crippen LogP contribution in [0.1, 0.15) is 71.6 Å². The second kappa shape index (κ2) is 6.60. The van der Waals surface area contributed by atoms with Crippen molar-refractivity contribution in [2.75, 3.05) is 4.43 Å². The van der Waals surface area contributed by atoms with E-state index in [0.29, 0.717) is 17.8 Å². The molecule has 0 heterocycles. The van der Waals surface area contributed by atoms with Crippen LogP contribution in [0.2, 0.25) is 0 Å². The molecule has 0 aromatic heterocycles. The Kier molecular flexibility index (Phi) is 5.11. The number of carbonyl (C=O) groups is 1. The van der Waals surface area contributed by atoms with Crippen molar-refractivity contribution in [2.45, 2.75) is 77.2 Å². The molecule has 3 aliphatic rings. The van der Waals surface area contributed by atoms with Gasteiger partial charge in [0.05, 0.1) is 0 Å². The molecule has 3 fully saturated rings. The van der Waals surface area contributed by atoms with Gasteiger partial charge in [0.1, 0.15) is 5.60 Å². The molecule has 2 nitrogen and oxygen atoms in total. The summed E-state index contributed by atoms with van der Waals surface area (Å²) in [7, 11) is 0. The van der Waals surface area contributed by atoms with E-state index in [1.165, 1.54) is 55.8 Å². The zero-order valence-electron chi connectivity index (χ0n) is 14.2. The summed E-state index contributed by atoms with van der Waals surface area (Å²) in [6, 6.07) is 0. The van der Waals surface area contributed by atoms with Crippen molar-refractivity contribution in [1.29, 1.82) is 0 Å². The normalized spacial score (nSPS) is 48.1. The Bertz CT molecular complexity index is 412. The van der Waals surface area contributed by atoms with Crippen molar-refractivity contribution in [3.63, 3.8) is 0 Å². The predicted molar refractivity (Wildman–Crippen MR) is 98.1 cm³/mol. The number of hydrogen-bond acceptors (Lipinski definition) is 2. The van der Waals surface area contributed by atoms with Gasteiger partial charge in [0.2, 0.25) is 0 Å². The largest absolute Gasteiger partial charge is 0.461 e. The number of ether oxygens (including phenoxy) is 1. The first-order valence-electron chi connectivity index (χ1n) is 9.22. The fraction of sp³-hybridized carbons (Fsp3) is 0.947. The molecule has 0 aliphatic heterocycles. The van der Waals surface area contributed by atoms with Crippen LogP contribution >= 0.6 is 22.6 Å². The maximum Gasteiger partial charge on any atom is 0.293 e. The summed E-state index contributed by atoms with van der Waals surface area (Å²) in [6.07, 6.45) is 12.1. The fourth-order valence-electron chi connectivity index (χ4n) is 6.48. The SMILES string of the molecule is C[C@]1(OC=O)CCC2C(CC[C@H]3CCCC[C@]23C)[C@@H]1CCI. The highest BCUT2D eigenvalue weighted by atomic mass is 127. The van der Waals surface area contributed by atoms with Crippen LogP contribution in [0.4, 0.5) is 0 Å². The van der Waals surface area contributed by atoms with Crippen LogP contribution in [0.3, 0.4) is 0 Å². The highest BCUT2D eigenvalue weighted by molar-refractivity contribution is 14.1. The van der Waals surface area contributed by atoms with Gasteiger partial charge in [-0.05, 0) is 79.5 Å². The van der Waals surface area contributed by atoms with Crippen molar-refractivity contribution in [3.05, 3.63) is 0 Å². The first-order chi connectivity index (χ1) is 10.5. The van der Waals surface area contributed by atoms with Gasteiger partial charge in [-0.1, -0.05) is 42.4 Å². The molecule has 0 bridgehead atoms. The van der Waals surface area contributed by atoms with Gasteiger partial charge in [0.15, 0.2) is 0 Å². The summed E-state index contributed by atoms with van der Waals surface area (Å²) in [5.41, 5.74) is 0.346. The summed E-state index contributed by atoms with van der Waals surface area (Å²) in [4.78, 5) is 11.1. The van der Waals surface area contributed by atoms with Crippen LogP contribution in [0.15, 0.2) is 0 Å². The van der Waals surface area contributed by atoms with Crippen LogP contribution in [0.5, 0.6) is 0 Å². The Hall–Kier alpha value is 0.200. The number of hydrogen-bond donors (Lipinski definition) is 0. The molecule has 0 aromatic rings. The minimum absolute atomic E-state index is 0.216. The van der Waals surface area contributed by atoms with Gasteiger partial charge < -0.3 is 4.74 Å². The summed E-state index contributed by atoms with van der Waals surface area (Å²) in [5.74, 6) is 3.16. The third-order valence-corrected chi connectivity index (χ3v) is 8.28. The maximum atomic E-state index is 11.1. The first-order valence-corrected chi connectivity index (χ1v) is 10.7. The lowest BCUT2D eigenvalue weighted by Crippen LogP contribution is -2.56. The molecule has 22 heavy (non-hydrogen) atoms. The van der Waals surface area contributed by atoms with E-state index < -0.39 is 0 Å². The average Bonchev–Trinajstić information content (AvgIpc) is 2.49. The van der Waals surface area contributed by atoms with Crippen molar-refractivity contribution >= 4 is 29.1 Å². The molecule has 3 heteroatoms. The Labute approximate surface area is 149 Å². The van der Waals surface area contributed by atoms with Crippen LogP contribution in [0, 0.1) is 29.1 Å². The predicted octanol–water partition coefficient (Wildman–Crippen LogP) is 5.38. The van der Waals surface area contributed by atoms with Gasteiger partial charge in [-0.25, -0.2) is 0 Å². The van der Waals surface area contributed by atoms with E-state index in [9.17, 15) is 4.79 Å². The molecule has 0 aromatic carbocycles. The number of carbonyl (C=O) groups excluding carboxylic acids is 1. The molecule has 3 rings (SSSR count). The van der Waals surface area contributed by atoms with Crippen LogP contribution < -0.4 is 0 Å². The molecule has 2 unspecified atom stereocenters. The highest BCUT2D eigenvalue weighted by Crippen LogP contribution is 2.62. The standard InChI is InChI=1S/C19H31IO2/c1-18-10-4-3-5-14(18)6-7-15-16(18)8-11-19(2,22-13-21)17(15)9-12-20/h13-17H,3-12H2,1-2H3/t14-,15?,16?,17+,18+,19+/m1/s1. The molecule has 3 saturated carbocycles. The topological polar surface area (TPSA) is 26.3 Å². The summed E-state index contributed by atoms with van der Waals surface area (Å²) in [5, 5.41) is 0. The summed E-state index contributed by atoms with van der Waals surface area (Å²) in [6.45, 7) is 5.50. The smallest absolute Gasteiger partial charge is 0.293 e. The fourth-order valence-corrected chi connectivity index (χ4v) is 7.15. The molecule has 0 radical (unpaired) electrons. The monoisotopic (exact) mass is 418 g/mol. The van der Waals surface area contributed by atoms with Gasteiger partial charge in [0, 0.05) is 5.92 Å².